The number of aryl methyl sites for hydroxylation is 1. The summed E-state index contributed by atoms with van der Waals surface area (Å²) in [5.74, 6) is -0.254. The highest BCUT2D eigenvalue weighted by Crippen LogP contribution is 2.28. The van der Waals surface area contributed by atoms with E-state index in [-0.39, 0.29) is 12.8 Å². The molecule has 0 unspecified atom stereocenters. The molecule has 2 rings (SSSR count). The van der Waals surface area contributed by atoms with Crippen molar-refractivity contribution in [3.63, 3.8) is 0 Å². The second kappa shape index (κ2) is 5.49. The van der Waals surface area contributed by atoms with E-state index in [1.165, 1.54) is 0 Å². The Kier molecular flexibility index (Phi) is 3.98. The summed E-state index contributed by atoms with van der Waals surface area (Å²) in [5, 5.41) is 16.8. The average Bonchev–Trinajstić information content (AvgIpc) is 2.79. The number of hydrogen-bond acceptors (Lipinski definition) is 4. The highest BCUT2D eigenvalue weighted by Gasteiger charge is 2.11. The Morgan fingerprint density at radius 1 is 1.44 bits per heavy atom. The summed E-state index contributed by atoms with van der Waals surface area (Å²) in [6, 6.07) is 5.22. The topological polar surface area (TPSA) is 76.2 Å². The number of nitrogens with zero attached hydrogens (tertiary/aromatic N) is 2. The Balaban J connectivity index is 2.18. The monoisotopic (exact) mass is 330 g/mol. The van der Waals surface area contributed by atoms with Crippen molar-refractivity contribution >= 4 is 33.5 Å². The first-order valence-corrected chi connectivity index (χ1v) is 6.23. The third kappa shape index (κ3) is 3.08. The number of aromatic nitrogens is 2. The standard InChI is InChI=1S/C11H8BrClN2O3/c12-7-5-6(1-2-8(7)13)11-15-14-9(18-11)3-4-10(16)17/h1-2,5H,3-4H2,(H,16,17). The van der Waals surface area contributed by atoms with Crippen molar-refractivity contribution in [1.29, 1.82) is 0 Å². The van der Waals surface area contributed by atoms with Crippen LogP contribution in [0.15, 0.2) is 27.1 Å². The third-order valence-electron chi connectivity index (χ3n) is 2.19. The molecule has 0 amide bonds. The fourth-order valence-electron chi connectivity index (χ4n) is 1.31. The van der Waals surface area contributed by atoms with Gasteiger partial charge in [0.05, 0.1) is 11.4 Å². The van der Waals surface area contributed by atoms with Gasteiger partial charge in [0.1, 0.15) is 0 Å². The van der Waals surface area contributed by atoms with Crippen LogP contribution in [0.2, 0.25) is 5.02 Å². The molecule has 0 fully saturated rings. The van der Waals surface area contributed by atoms with Gasteiger partial charge < -0.3 is 9.52 Å². The van der Waals surface area contributed by atoms with Gasteiger partial charge in [-0.25, -0.2) is 0 Å². The van der Waals surface area contributed by atoms with Gasteiger partial charge in [0.2, 0.25) is 11.8 Å². The minimum Gasteiger partial charge on any atom is -0.481 e. The Labute approximate surface area is 116 Å². The summed E-state index contributed by atoms with van der Waals surface area (Å²) in [6.45, 7) is 0. The van der Waals surface area contributed by atoms with E-state index in [9.17, 15) is 4.79 Å². The molecule has 0 spiro atoms. The Hall–Kier alpha value is -1.40. The van der Waals surface area contributed by atoms with E-state index in [1.807, 2.05) is 0 Å². The van der Waals surface area contributed by atoms with Crippen molar-refractivity contribution in [3.8, 4) is 11.5 Å². The molecular weight excluding hydrogens is 323 g/mol. The lowest BCUT2D eigenvalue weighted by Gasteiger charge is -1.98. The molecule has 94 valence electrons. The molecule has 0 aliphatic heterocycles. The molecule has 5 nitrogen and oxygen atoms in total. The highest BCUT2D eigenvalue weighted by molar-refractivity contribution is 9.10. The number of rotatable bonds is 4. The van der Waals surface area contributed by atoms with Crippen LogP contribution in [0.4, 0.5) is 0 Å². The largest absolute Gasteiger partial charge is 0.481 e. The zero-order valence-corrected chi connectivity index (χ0v) is 11.4. The van der Waals surface area contributed by atoms with Crippen molar-refractivity contribution in [1.82, 2.24) is 10.2 Å². The first-order valence-electron chi connectivity index (χ1n) is 5.06. The quantitative estimate of drug-likeness (QED) is 0.931. The summed E-state index contributed by atoms with van der Waals surface area (Å²) in [7, 11) is 0. The molecular formula is C11H8BrClN2O3. The van der Waals surface area contributed by atoms with E-state index < -0.39 is 5.97 Å². The zero-order valence-electron chi connectivity index (χ0n) is 9.06. The van der Waals surface area contributed by atoms with Gasteiger partial charge in [-0.05, 0) is 34.1 Å². The molecule has 0 saturated carbocycles. The molecule has 18 heavy (non-hydrogen) atoms. The number of halogens is 2. The summed E-state index contributed by atoms with van der Waals surface area (Å²) >= 11 is 9.18. The lowest BCUT2D eigenvalue weighted by molar-refractivity contribution is -0.137. The van der Waals surface area contributed by atoms with Gasteiger partial charge in [-0.1, -0.05) is 11.6 Å². The van der Waals surface area contributed by atoms with Gasteiger partial charge in [-0.15, -0.1) is 10.2 Å². The number of aliphatic carboxylic acids is 1. The fraction of sp³-hybridized carbons (Fsp3) is 0.182. The van der Waals surface area contributed by atoms with Crippen LogP contribution in [0.5, 0.6) is 0 Å². The third-order valence-corrected chi connectivity index (χ3v) is 3.40. The van der Waals surface area contributed by atoms with Crippen molar-refractivity contribution in [2.45, 2.75) is 12.8 Å². The second-order valence-electron chi connectivity index (χ2n) is 3.52. The molecule has 1 N–H and O–H groups in total. The minimum absolute atomic E-state index is 0.0358. The summed E-state index contributed by atoms with van der Waals surface area (Å²) < 4.78 is 6.09. The van der Waals surface area contributed by atoms with Crippen LogP contribution >= 0.6 is 27.5 Å². The lowest BCUT2D eigenvalue weighted by Crippen LogP contribution is -1.97. The number of hydrogen-bond donors (Lipinski definition) is 1. The molecule has 0 atom stereocenters. The molecule has 0 aliphatic carbocycles. The van der Waals surface area contributed by atoms with Gasteiger partial charge in [-0.2, -0.15) is 0 Å². The highest BCUT2D eigenvalue weighted by atomic mass is 79.9. The van der Waals surface area contributed by atoms with E-state index in [4.69, 9.17) is 21.1 Å². The van der Waals surface area contributed by atoms with Crippen molar-refractivity contribution in [3.05, 3.63) is 33.6 Å². The van der Waals surface area contributed by atoms with Gasteiger partial charge in [0.15, 0.2) is 0 Å². The molecule has 2 aromatic rings. The first-order chi connectivity index (χ1) is 8.56. The molecule has 0 radical (unpaired) electrons. The molecule has 7 heteroatoms. The van der Waals surface area contributed by atoms with E-state index in [0.29, 0.717) is 16.8 Å². The van der Waals surface area contributed by atoms with Crippen LogP contribution in [0.3, 0.4) is 0 Å². The maximum Gasteiger partial charge on any atom is 0.303 e. The van der Waals surface area contributed by atoms with Crippen LogP contribution in [-0.4, -0.2) is 21.3 Å². The maximum atomic E-state index is 10.4. The van der Waals surface area contributed by atoms with Gasteiger partial charge in [-0.3, -0.25) is 4.79 Å². The average molecular weight is 332 g/mol. The number of benzene rings is 1. The van der Waals surface area contributed by atoms with Crippen molar-refractivity contribution < 1.29 is 14.3 Å². The summed E-state index contributed by atoms with van der Waals surface area (Å²) in [5.41, 5.74) is 0.723. The van der Waals surface area contributed by atoms with Crippen LogP contribution in [-0.2, 0) is 11.2 Å². The van der Waals surface area contributed by atoms with Gasteiger partial charge in [0.25, 0.3) is 0 Å². The van der Waals surface area contributed by atoms with Crippen molar-refractivity contribution in [2.24, 2.45) is 0 Å². The van der Waals surface area contributed by atoms with E-state index in [1.54, 1.807) is 18.2 Å². The SMILES string of the molecule is O=C(O)CCc1nnc(-c2ccc(Cl)c(Br)c2)o1. The molecule has 1 aromatic carbocycles. The molecule has 0 saturated heterocycles. The normalized spacial score (nSPS) is 10.6. The Morgan fingerprint density at radius 3 is 2.89 bits per heavy atom. The zero-order chi connectivity index (χ0) is 13.1. The predicted molar refractivity (Wildman–Crippen MR) is 68.4 cm³/mol. The van der Waals surface area contributed by atoms with Crippen LogP contribution < -0.4 is 0 Å². The van der Waals surface area contributed by atoms with E-state index in [0.717, 1.165) is 10.0 Å². The molecule has 1 heterocycles. The van der Waals surface area contributed by atoms with Gasteiger partial charge in [0, 0.05) is 16.5 Å². The molecule has 1 aromatic heterocycles. The fourth-order valence-corrected chi connectivity index (χ4v) is 1.81. The van der Waals surface area contributed by atoms with Crippen molar-refractivity contribution in [2.75, 3.05) is 0 Å². The Morgan fingerprint density at radius 2 is 2.22 bits per heavy atom. The number of carboxylic acids is 1. The molecule has 0 aliphatic rings. The number of carbonyl (C=O) groups is 1. The maximum absolute atomic E-state index is 10.4. The number of carboxylic acid groups (broad SMARTS) is 1. The van der Waals surface area contributed by atoms with Crippen LogP contribution in [0.25, 0.3) is 11.5 Å². The smallest absolute Gasteiger partial charge is 0.303 e. The lowest BCUT2D eigenvalue weighted by atomic mass is 10.2. The summed E-state index contributed by atoms with van der Waals surface area (Å²) in [6.07, 6.45) is 0.184. The molecule has 0 bridgehead atoms. The second-order valence-corrected chi connectivity index (χ2v) is 4.79. The van der Waals surface area contributed by atoms with E-state index >= 15 is 0 Å². The van der Waals surface area contributed by atoms with Crippen LogP contribution in [0, 0.1) is 0 Å². The summed E-state index contributed by atoms with van der Waals surface area (Å²) in [4.78, 5) is 10.4. The van der Waals surface area contributed by atoms with Crippen LogP contribution in [0.1, 0.15) is 12.3 Å². The van der Waals surface area contributed by atoms with Gasteiger partial charge >= 0.3 is 5.97 Å². The minimum atomic E-state index is -0.899. The van der Waals surface area contributed by atoms with E-state index in [2.05, 4.69) is 26.1 Å². The first kappa shape index (κ1) is 13.0. The Bertz CT molecular complexity index is 585. The predicted octanol–water partition coefficient (Wildman–Crippen LogP) is 3.17.